The molecule has 0 aliphatic heterocycles. The predicted molar refractivity (Wildman–Crippen MR) is 86.1 cm³/mol. The number of rotatable bonds is 5. The van der Waals surface area contributed by atoms with E-state index in [1.165, 1.54) is 0 Å². The number of hydrogen-bond acceptors (Lipinski definition) is 2. The summed E-state index contributed by atoms with van der Waals surface area (Å²) in [4.78, 5) is 12.1. The first-order chi connectivity index (χ1) is 9.95. The number of alkyl halides is 1. The fourth-order valence-corrected chi connectivity index (χ4v) is 2.60. The summed E-state index contributed by atoms with van der Waals surface area (Å²) >= 11 is 5.92. The van der Waals surface area contributed by atoms with E-state index in [-0.39, 0.29) is 5.78 Å². The van der Waals surface area contributed by atoms with Crippen LogP contribution in [0.25, 0.3) is 5.69 Å². The van der Waals surface area contributed by atoms with E-state index in [2.05, 4.69) is 4.57 Å². The standard InChI is InChI=1S/C17H20ClNO2/c1-5-21-15-8-6-14(7-9-15)19-11(2)10-16(13(19)4)17(20)12(3)18/h6-10,12H,5H2,1-4H3. The number of carbonyl (C=O) groups excluding carboxylic acids is 1. The van der Waals surface area contributed by atoms with Gasteiger partial charge in [0.1, 0.15) is 5.75 Å². The minimum Gasteiger partial charge on any atom is -0.494 e. The van der Waals surface area contributed by atoms with E-state index >= 15 is 0 Å². The SMILES string of the molecule is CCOc1ccc(-n2c(C)cc(C(=O)C(C)Cl)c2C)cc1. The van der Waals surface area contributed by atoms with Crippen molar-refractivity contribution in [3.63, 3.8) is 0 Å². The molecule has 1 aromatic carbocycles. The molecule has 3 nitrogen and oxygen atoms in total. The molecule has 1 atom stereocenters. The highest BCUT2D eigenvalue weighted by Gasteiger charge is 2.19. The van der Waals surface area contributed by atoms with Gasteiger partial charge in [-0.15, -0.1) is 11.6 Å². The van der Waals surface area contributed by atoms with Gasteiger partial charge >= 0.3 is 0 Å². The molecule has 1 heterocycles. The van der Waals surface area contributed by atoms with Crippen molar-refractivity contribution in [3.05, 3.63) is 47.3 Å². The summed E-state index contributed by atoms with van der Waals surface area (Å²) in [6.45, 7) is 8.23. The maximum atomic E-state index is 12.1. The van der Waals surface area contributed by atoms with Gasteiger partial charge in [-0.1, -0.05) is 0 Å². The van der Waals surface area contributed by atoms with Gasteiger partial charge in [-0.05, 0) is 58.0 Å². The third-order valence-electron chi connectivity index (χ3n) is 3.46. The topological polar surface area (TPSA) is 31.2 Å². The van der Waals surface area contributed by atoms with Crippen molar-refractivity contribution in [2.45, 2.75) is 33.1 Å². The molecule has 2 rings (SSSR count). The second-order valence-corrected chi connectivity index (χ2v) is 5.68. The summed E-state index contributed by atoms with van der Waals surface area (Å²) < 4.78 is 7.51. The van der Waals surface area contributed by atoms with Gasteiger partial charge in [-0.3, -0.25) is 4.79 Å². The molecular weight excluding hydrogens is 286 g/mol. The fourth-order valence-electron chi connectivity index (χ4n) is 2.48. The molecule has 0 radical (unpaired) electrons. The number of carbonyl (C=O) groups is 1. The summed E-state index contributed by atoms with van der Waals surface area (Å²) in [6, 6.07) is 9.74. The molecule has 2 aromatic rings. The van der Waals surface area contributed by atoms with Gasteiger partial charge in [0.2, 0.25) is 0 Å². The predicted octanol–water partition coefficient (Wildman–Crippen LogP) is 4.30. The van der Waals surface area contributed by atoms with Crippen LogP contribution < -0.4 is 4.74 Å². The number of ketones is 1. The highest BCUT2D eigenvalue weighted by molar-refractivity contribution is 6.33. The van der Waals surface area contributed by atoms with Crippen molar-refractivity contribution in [1.29, 1.82) is 0 Å². The van der Waals surface area contributed by atoms with Gasteiger partial charge in [-0.2, -0.15) is 0 Å². The molecule has 4 heteroatoms. The molecule has 0 fully saturated rings. The van der Waals surface area contributed by atoms with Gasteiger partial charge in [0.25, 0.3) is 0 Å². The maximum absolute atomic E-state index is 12.1. The summed E-state index contributed by atoms with van der Waals surface area (Å²) in [5.74, 6) is 0.802. The molecule has 0 saturated heterocycles. The van der Waals surface area contributed by atoms with E-state index in [1.54, 1.807) is 6.92 Å². The first kappa shape index (κ1) is 15.6. The molecule has 1 aromatic heterocycles. The number of benzene rings is 1. The molecule has 0 spiro atoms. The van der Waals surface area contributed by atoms with Crippen LogP contribution in [-0.2, 0) is 0 Å². The second-order valence-electron chi connectivity index (χ2n) is 5.03. The van der Waals surface area contributed by atoms with Crippen molar-refractivity contribution in [1.82, 2.24) is 4.57 Å². The van der Waals surface area contributed by atoms with Crippen molar-refractivity contribution in [2.75, 3.05) is 6.61 Å². The quantitative estimate of drug-likeness (QED) is 0.609. The number of nitrogens with zero attached hydrogens (tertiary/aromatic N) is 1. The zero-order valence-corrected chi connectivity index (χ0v) is 13.6. The zero-order valence-electron chi connectivity index (χ0n) is 12.8. The van der Waals surface area contributed by atoms with Crippen molar-refractivity contribution in [3.8, 4) is 11.4 Å². The molecule has 0 aliphatic carbocycles. The molecule has 21 heavy (non-hydrogen) atoms. The van der Waals surface area contributed by atoms with Crippen LogP contribution in [-0.4, -0.2) is 22.3 Å². The Labute approximate surface area is 130 Å². The van der Waals surface area contributed by atoms with E-state index in [1.807, 2.05) is 51.1 Å². The third kappa shape index (κ3) is 3.13. The lowest BCUT2D eigenvalue weighted by Gasteiger charge is -2.11. The summed E-state index contributed by atoms with van der Waals surface area (Å²) in [5, 5.41) is -0.515. The van der Waals surface area contributed by atoms with Crippen LogP contribution in [0.5, 0.6) is 5.75 Å². The number of aromatic nitrogens is 1. The highest BCUT2D eigenvalue weighted by Crippen LogP contribution is 2.24. The lowest BCUT2D eigenvalue weighted by Crippen LogP contribution is -2.11. The Morgan fingerprint density at radius 1 is 1.29 bits per heavy atom. The Balaban J connectivity index is 2.42. The summed E-state index contributed by atoms with van der Waals surface area (Å²) in [6.07, 6.45) is 0. The lowest BCUT2D eigenvalue weighted by atomic mass is 10.1. The number of aryl methyl sites for hydroxylation is 1. The van der Waals surface area contributed by atoms with E-state index in [0.29, 0.717) is 12.2 Å². The monoisotopic (exact) mass is 305 g/mol. The zero-order chi connectivity index (χ0) is 15.6. The van der Waals surface area contributed by atoms with Crippen molar-refractivity contribution < 1.29 is 9.53 Å². The van der Waals surface area contributed by atoms with Gasteiger partial charge in [0, 0.05) is 22.6 Å². The molecule has 0 bridgehead atoms. The van der Waals surface area contributed by atoms with Crippen molar-refractivity contribution >= 4 is 17.4 Å². The van der Waals surface area contributed by atoms with E-state index in [9.17, 15) is 4.79 Å². The van der Waals surface area contributed by atoms with Gasteiger partial charge in [0.15, 0.2) is 5.78 Å². The second kappa shape index (κ2) is 6.35. The highest BCUT2D eigenvalue weighted by atomic mass is 35.5. The normalized spacial score (nSPS) is 12.2. The lowest BCUT2D eigenvalue weighted by molar-refractivity contribution is 0.0991. The van der Waals surface area contributed by atoms with E-state index in [0.717, 1.165) is 22.8 Å². The number of hydrogen-bond donors (Lipinski definition) is 0. The van der Waals surface area contributed by atoms with Gasteiger partial charge < -0.3 is 9.30 Å². The Morgan fingerprint density at radius 3 is 2.43 bits per heavy atom. The number of Topliss-reactive ketones (excluding diaryl/α,β-unsaturated/α-hetero) is 1. The molecular formula is C17H20ClNO2. The third-order valence-corrected chi connectivity index (χ3v) is 3.66. The first-order valence-electron chi connectivity index (χ1n) is 7.06. The Kier molecular flexibility index (Phi) is 4.73. The van der Waals surface area contributed by atoms with Crippen LogP contribution in [0.15, 0.2) is 30.3 Å². The fraction of sp³-hybridized carbons (Fsp3) is 0.353. The summed E-state index contributed by atoms with van der Waals surface area (Å²) in [7, 11) is 0. The van der Waals surface area contributed by atoms with Crippen LogP contribution in [0.4, 0.5) is 0 Å². The Bertz CT molecular complexity index is 642. The van der Waals surface area contributed by atoms with Gasteiger partial charge in [-0.25, -0.2) is 0 Å². The molecule has 0 N–H and O–H groups in total. The van der Waals surface area contributed by atoms with Gasteiger partial charge in [0.05, 0.1) is 12.0 Å². The summed E-state index contributed by atoms with van der Waals surface area (Å²) in [5.41, 5.74) is 3.62. The minimum absolute atomic E-state index is 0.0399. The average Bonchev–Trinajstić information content (AvgIpc) is 2.74. The maximum Gasteiger partial charge on any atom is 0.182 e. The molecule has 0 amide bonds. The number of ether oxygens (including phenoxy) is 1. The Hall–Kier alpha value is -1.74. The largest absolute Gasteiger partial charge is 0.494 e. The average molecular weight is 306 g/mol. The van der Waals surface area contributed by atoms with E-state index in [4.69, 9.17) is 16.3 Å². The van der Waals surface area contributed by atoms with Crippen LogP contribution in [0.3, 0.4) is 0 Å². The van der Waals surface area contributed by atoms with Crippen LogP contribution >= 0.6 is 11.6 Å². The van der Waals surface area contributed by atoms with Crippen LogP contribution in [0.1, 0.15) is 35.6 Å². The molecule has 0 saturated carbocycles. The van der Waals surface area contributed by atoms with Crippen LogP contribution in [0.2, 0.25) is 0 Å². The first-order valence-corrected chi connectivity index (χ1v) is 7.49. The molecule has 112 valence electrons. The molecule has 0 aliphatic rings. The molecule has 1 unspecified atom stereocenters. The van der Waals surface area contributed by atoms with Crippen molar-refractivity contribution in [2.24, 2.45) is 0 Å². The number of halogens is 1. The smallest absolute Gasteiger partial charge is 0.182 e. The van der Waals surface area contributed by atoms with E-state index < -0.39 is 5.38 Å². The Morgan fingerprint density at radius 2 is 1.90 bits per heavy atom. The minimum atomic E-state index is -0.515. The van der Waals surface area contributed by atoms with Crippen LogP contribution in [0, 0.1) is 13.8 Å².